The molecule has 0 aliphatic rings. The molecule has 0 atom stereocenters. The van der Waals surface area contributed by atoms with Crippen molar-refractivity contribution in [1.82, 2.24) is 10.3 Å². The average molecular weight is 287 g/mol. The number of aryl methyl sites for hydroxylation is 1. The number of carbonyl (C=O) groups excluding carboxylic acids is 2. The maximum atomic E-state index is 11.2. The Morgan fingerprint density at radius 1 is 1.19 bits per heavy atom. The van der Waals surface area contributed by atoms with Gasteiger partial charge in [-0.25, -0.2) is 4.79 Å². The fourth-order valence-electron chi connectivity index (χ4n) is 1.90. The lowest BCUT2D eigenvalue weighted by atomic mass is 10.1. The highest BCUT2D eigenvalue weighted by Gasteiger charge is 2.03. The molecule has 0 aliphatic heterocycles. The van der Waals surface area contributed by atoms with Gasteiger partial charge in [-0.05, 0) is 25.0 Å². The van der Waals surface area contributed by atoms with E-state index in [1.54, 1.807) is 0 Å². The first-order valence-corrected chi connectivity index (χ1v) is 6.69. The van der Waals surface area contributed by atoms with E-state index in [1.165, 1.54) is 0 Å². The molecule has 0 spiro atoms. The number of primary amides is 1. The summed E-state index contributed by atoms with van der Waals surface area (Å²) in [5, 5.41) is 3.65. The Morgan fingerprint density at radius 3 is 2.81 bits per heavy atom. The summed E-state index contributed by atoms with van der Waals surface area (Å²) < 4.78 is 4.57. The number of amides is 2. The van der Waals surface area contributed by atoms with Gasteiger partial charge < -0.3 is 15.8 Å². The Hall–Kier alpha value is -2.63. The summed E-state index contributed by atoms with van der Waals surface area (Å²) >= 11 is 0. The second-order valence-electron chi connectivity index (χ2n) is 4.57. The van der Waals surface area contributed by atoms with Crippen LogP contribution in [-0.4, -0.2) is 30.1 Å². The number of ether oxygens (including phenoxy) is 1. The van der Waals surface area contributed by atoms with Crippen LogP contribution in [0, 0.1) is 0 Å². The lowest BCUT2D eigenvalue weighted by molar-refractivity contribution is -0.120. The van der Waals surface area contributed by atoms with Crippen molar-refractivity contribution in [1.29, 1.82) is 0 Å². The largest absolute Gasteiger partial charge is 0.439 e. The molecule has 0 aliphatic carbocycles. The van der Waals surface area contributed by atoms with E-state index in [9.17, 15) is 9.59 Å². The molecule has 0 unspecified atom stereocenters. The Bertz CT molecular complexity index is 643. The summed E-state index contributed by atoms with van der Waals surface area (Å²) in [5.74, 6) is -0.675. The number of nitrogens with one attached hydrogen (secondary N) is 1. The van der Waals surface area contributed by atoms with Crippen molar-refractivity contribution in [3.63, 3.8) is 0 Å². The second kappa shape index (κ2) is 7.23. The molecule has 2 rings (SSSR count). The molecule has 6 nitrogen and oxygen atoms in total. The number of hydrogen-bond acceptors (Lipinski definition) is 4. The highest BCUT2D eigenvalue weighted by molar-refractivity contribution is 5.79. The van der Waals surface area contributed by atoms with Gasteiger partial charge in [0.1, 0.15) is 0 Å². The topological polar surface area (TPSA) is 94.3 Å². The summed E-state index contributed by atoms with van der Waals surface area (Å²) in [5.41, 5.74) is 6.80. The fourth-order valence-corrected chi connectivity index (χ4v) is 1.90. The first-order valence-electron chi connectivity index (χ1n) is 6.69. The van der Waals surface area contributed by atoms with Crippen LogP contribution in [0.4, 0.5) is 4.79 Å². The van der Waals surface area contributed by atoms with Crippen molar-refractivity contribution in [3.05, 3.63) is 42.1 Å². The first kappa shape index (κ1) is 14.8. The second-order valence-corrected chi connectivity index (χ2v) is 4.57. The van der Waals surface area contributed by atoms with Gasteiger partial charge in [0.05, 0.1) is 5.52 Å². The van der Waals surface area contributed by atoms with Gasteiger partial charge in [-0.15, -0.1) is 0 Å². The van der Waals surface area contributed by atoms with Crippen LogP contribution in [-0.2, 0) is 16.0 Å². The van der Waals surface area contributed by atoms with Crippen LogP contribution in [0.15, 0.2) is 36.4 Å². The van der Waals surface area contributed by atoms with Crippen LogP contribution in [0.3, 0.4) is 0 Å². The third-order valence-electron chi connectivity index (χ3n) is 2.88. The quantitative estimate of drug-likeness (QED) is 0.785. The number of pyridine rings is 1. The number of alkyl carbamates (subject to hydrolysis) is 1. The van der Waals surface area contributed by atoms with Crippen molar-refractivity contribution in [2.75, 3.05) is 13.2 Å². The van der Waals surface area contributed by atoms with Crippen molar-refractivity contribution in [2.45, 2.75) is 12.8 Å². The molecule has 110 valence electrons. The highest BCUT2D eigenvalue weighted by atomic mass is 16.6. The first-order chi connectivity index (χ1) is 10.1. The number of nitrogens with zero attached hydrogens (tertiary/aromatic N) is 1. The Labute approximate surface area is 122 Å². The van der Waals surface area contributed by atoms with Crippen LogP contribution >= 0.6 is 0 Å². The maximum Gasteiger partial charge on any atom is 0.407 e. The predicted molar refractivity (Wildman–Crippen MR) is 78.6 cm³/mol. The standard InChI is InChI=1S/C15H17N3O3/c16-14(19)10-21-15(20)17-9-3-5-12-8-7-11-4-1-2-6-13(11)18-12/h1-2,4,6-8H,3,5,9-10H2,(H2,16,19)(H,17,20). The molecule has 0 bridgehead atoms. The highest BCUT2D eigenvalue weighted by Crippen LogP contribution is 2.12. The molecule has 21 heavy (non-hydrogen) atoms. The maximum absolute atomic E-state index is 11.2. The van der Waals surface area contributed by atoms with Gasteiger partial charge >= 0.3 is 6.09 Å². The fraction of sp³-hybridized carbons (Fsp3) is 0.267. The van der Waals surface area contributed by atoms with E-state index < -0.39 is 18.6 Å². The van der Waals surface area contributed by atoms with Crippen molar-refractivity contribution >= 4 is 22.9 Å². The molecule has 2 amide bonds. The number of benzene rings is 1. The smallest absolute Gasteiger partial charge is 0.407 e. The van der Waals surface area contributed by atoms with Gasteiger partial charge in [0.2, 0.25) is 0 Å². The van der Waals surface area contributed by atoms with Gasteiger partial charge in [-0.1, -0.05) is 24.3 Å². The van der Waals surface area contributed by atoms with E-state index in [-0.39, 0.29) is 0 Å². The number of aromatic nitrogens is 1. The van der Waals surface area contributed by atoms with Crippen LogP contribution in [0.5, 0.6) is 0 Å². The molecule has 0 saturated carbocycles. The number of fused-ring (bicyclic) bond motifs is 1. The number of para-hydroxylation sites is 1. The molecule has 1 heterocycles. The zero-order chi connectivity index (χ0) is 15.1. The molecular formula is C15H17N3O3. The van der Waals surface area contributed by atoms with Crippen LogP contribution in [0.25, 0.3) is 10.9 Å². The number of hydrogen-bond donors (Lipinski definition) is 2. The third kappa shape index (κ3) is 4.76. The Kier molecular flexibility index (Phi) is 5.09. The summed E-state index contributed by atoms with van der Waals surface area (Å²) in [6, 6.07) is 11.9. The Morgan fingerprint density at radius 2 is 2.00 bits per heavy atom. The average Bonchev–Trinajstić information content (AvgIpc) is 2.49. The van der Waals surface area contributed by atoms with Crippen LogP contribution in [0.1, 0.15) is 12.1 Å². The minimum Gasteiger partial charge on any atom is -0.439 e. The summed E-state index contributed by atoms with van der Waals surface area (Å²) in [6.07, 6.45) is 0.845. The minimum absolute atomic E-state index is 0.405. The molecule has 2 aromatic rings. The van der Waals surface area contributed by atoms with E-state index in [2.05, 4.69) is 15.0 Å². The number of carbonyl (C=O) groups is 2. The SMILES string of the molecule is NC(=O)COC(=O)NCCCc1ccc2ccccc2n1. The van der Waals surface area contributed by atoms with E-state index in [0.29, 0.717) is 6.54 Å². The van der Waals surface area contributed by atoms with E-state index >= 15 is 0 Å². The monoisotopic (exact) mass is 287 g/mol. The lowest BCUT2D eigenvalue weighted by Gasteiger charge is -2.06. The predicted octanol–water partition coefficient (Wildman–Crippen LogP) is 1.38. The normalized spacial score (nSPS) is 10.3. The van der Waals surface area contributed by atoms with Crippen LogP contribution in [0.2, 0.25) is 0 Å². The molecule has 6 heteroatoms. The van der Waals surface area contributed by atoms with Crippen molar-refractivity contribution < 1.29 is 14.3 Å². The molecular weight excluding hydrogens is 270 g/mol. The zero-order valence-electron chi connectivity index (χ0n) is 11.5. The van der Waals surface area contributed by atoms with Gasteiger partial charge in [0.25, 0.3) is 5.91 Å². The molecule has 1 aromatic heterocycles. The van der Waals surface area contributed by atoms with Crippen molar-refractivity contribution in [2.24, 2.45) is 5.73 Å². The summed E-state index contributed by atoms with van der Waals surface area (Å²) in [4.78, 5) is 26.2. The lowest BCUT2D eigenvalue weighted by Crippen LogP contribution is -2.29. The van der Waals surface area contributed by atoms with E-state index in [0.717, 1.165) is 29.4 Å². The van der Waals surface area contributed by atoms with Gasteiger partial charge in [0.15, 0.2) is 6.61 Å². The molecule has 0 fully saturated rings. The third-order valence-corrected chi connectivity index (χ3v) is 2.88. The van der Waals surface area contributed by atoms with Crippen LogP contribution < -0.4 is 11.1 Å². The molecule has 3 N–H and O–H groups in total. The van der Waals surface area contributed by atoms with Gasteiger partial charge in [-0.2, -0.15) is 0 Å². The summed E-state index contributed by atoms with van der Waals surface area (Å²) in [7, 11) is 0. The molecule has 0 radical (unpaired) electrons. The van der Waals surface area contributed by atoms with Gasteiger partial charge in [0, 0.05) is 17.6 Å². The number of nitrogens with two attached hydrogens (primary N) is 1. The molecule has 1 aromatic carbocycles. The molecule has 0 saturated heterocycles. The van der Waals surface area contributed by atoms with Gasteiger partial charge in [-0.3, -0.25) is 9.78 Å². The Balaban J connectivity index is 1.75. The van der Waals surface area contributed by atoms with E-state index in [4.69, 9.17) is 5.73 Å². The van der Waals surface area contributed by atoms with E-state index in [1.807, 2.05) is 36.4 Å². The van der Waals surface area contributed by atoms with Crippen molar-refractivity contribution in [3.8, 4) is 0 Å². The number of rotatable bonds is 6. The minimum atomic E-state index is -0.675. The summed E-state index contributed by atoms with van der Waals surface area (Å²) in [6.45, 7) is 0.0458. The zero-order valence-corrected chi connectivity index (χ0v) is 11.5.